The lowest BCUT2D eigenvalue weighted by atomic mass is 10.2. The summed E-state index contributed by atoms with van der Waals surface area (Å²) in [6, 6.07) is 21.5. The van der Waals surface area contributed by atoms with Crippen LogP contribution in [0.4, 0.5) is 5.69 Å². The summed E-state index contributed by atoms with van der Waals surface area (Å²) in [5, 5.41) is 2.63. The highest BCUT2D eigenvalue weighted by Crippen LogP contribution is 2.24. The summed E-state index contributed by atoms with van der Waals surface area (Å²) in [6.07, 6.45) is -1.14. The van der Waals surface area contributed by atoms with Crippen molar-refractivity contribution in [3.8, 4) is 22.8 Å². The maximum absolute atomic E-state index is 13.1. The number of para-hydroxylation sites is 1. The summed E-state index contributed by atoms with van der Waals surface area (Å²) in [4.78, 5) is 46.6. The molecule has 1 amide bonds. The molecule has 0 aliphatic carbocycles. The largest absolute Gasteiger partial charge is 0.497 e. The van der Waals surface area contributed by atoms with Gasteiger partial charge in [-0.15, -0.1) is 0 Å². The first-order valence-electron chi connectivity index (χ1n) is 12.3. The molecule has 2 aromatic heterocycles. The van der Waals surface area contributed by atoms with Gasteiger partial charge in [0.1, 0.15) is 17.3 Å². The zero-order chi connectivity index (χ0) is 27.7. The number of benzene rings is 3. The van der Waals surface area contributed by atoms with Crippen LogP contribution in [0, 0.1) is 6.92 Å². The van der Waals surface area contributed by atoms with E-state index in [9.17, 15) is 14.4 Å². The van der Waals surface area contributed by atoms with Crippen LogP contribution in [0.1, 0.15) is 23.0 Å². The van der Waals surface area contributed by atoms with Gasteiger partial charge >= 0.3 is 5.97 Å². The minimum Gasteiger partial charge on any atom is -0.497 e. The van der Waals surface area contributed by atoms with E-state index in [-0.39, 0.29) is 16.8 Å². The molecule has 0 aliphatic rings. The van der Waals surface area contributed by atoms with Crippen molar-refractivity contribution in [3.63, 3.8) is 0 Å². The number of nitrogens with one attached hydrogen (secondary N) is 2. The van der Waals surface area contributed by atoms with E-state index in [4.69, 9.17) is 9.47 Å². The molecule has 10 nitrogen and oxygen atoms in total. The topological polar surface area (TPSA) is 120 Å². The molecule has 0 spiro atoms. The molecule has 5 rings (SSSR count). The van der Waals surface area contributed by atoms with Crippen LogP contribution in [0.2, 0.25) is 0 Å². The highest BCUT2D eigenvalue weighted by Gasteiger charge is 2.24. The molecule has 3 aromatic carbocycles. The summed E-state index contributed by atoms with van der Waals surface area (Å²) in [6.45, 7) is 3.19. The molecule has 0 bridgehead atoms. The Morgan fingerprint density at radius 3 is 2.44 bits per heavy atom. The van der Waals surface area contributed by atoms with Crippen molar-refractivity contribution in [2.75, 3.05) is 12.4 Å². The van der Waals surface area contributed by atoms with E-state index in [2.05, 4.69) is 15.3 Å². The first kappa shape index (κ1) is 25.5. The number of ether oxygens (including phenoxy) is 2. The third-order valence-electron chi connectivity index (χ3n) is 6.54. The average molecular weight is 526 g/mol. The Hall–Kier alpha value is -5.12. The van der Waals surface area contributed by atoms with Gasteiger partial charge in [0.05, 0.1) is 35.1 Å². The van der Waals surface area contributed by atoms with Gasteiger partial charge in [-0.2, -0.15) is 0 Å². The highest BCUT2D eigenvalue weighted by molar-refractivity contribution is 5.99. The lowest BCUT2D eigenvalue weighted by Crippen LogP contribution is -2.32. The molecule has 0 fully saturated rings. The molecule has 0 saturated heterocycles. The van der Waals surface area contributed by atoms with Crippen molar-refractivity contribution in [2.45, 2.75) is 20.0 Å². The number of carbonyl (C=O) groups is 2. The second-order valence-corrected chi connectivity index (χ2v) is 9.02. The summed E-state index contributed by atoms with van der Waals surface area (Å²) in [5.41, 5.74) is 3.42. The van der Waals surface area contributed by atoms with Crippen LogP contribution in [-0.2, 0) is 16.6 Å². The maximum atomic E-state index is 13.1. The Morgan fingerprint density at radius 1 is 1.03 bits per heavy atom. The fourth-order valence-electron chi connectivity index (χ4n) is 4.24. The number of esters is 1. The van der Waals surface area contributed by atoms with Crippen molar-refractivity contribution in [2.24, 2.45) is 7.05 Å². The molecule has 198 valence electrons. The zero-order valence-corrected chi connectivity index (χ0v) is 21.9. The number of rotatable bonds is 7. The monoisotopic (exact) mass is 525 g/mol. The van der Waals surface area contributed by atoms with Crippen LogP contribution in [0.25, 0.3) is 28.1 Å². The summed E-state index contributed by atoms with van der Waals surface area (Å²) in [7, 11) is 3.33. The number of carbonyl (C=O) groups excluding carboxylic acids is 2. The van der Waals surface area contributed by atoms with Gasteiger partial charge in [-0.1, -0.05) is 18.2 Å². The molecule has 39 heavy (non-hydrogen) atoms. The minimum atomic E-state index is -1.14. The molecule has 1 unspecified atom stereocenters. The van der Waals surface area contributed by atoms with Gasteiger partial charge in [-0.25, -0.2) is 14.5 Å². The summed E-state index contributed by atoms with van der Waals surface area (Å²) >= 11 is 0. The first-order chi connectivity index (χ1) is 18.8. The van der Waals surface area contributed by atoms with Crippen LogP contribution in [0.3, 0.4) is 0 Å². The molecular weight excluding hydrogens is 498 g/mol. The molecule has 5 aromatic rings. The predicted molar refractivity (Wildman–Crippen MR) is 147 cm³/mol. The van der Waals surface area contributed by atoms with Crippen molar-refractivity contribution >= 4 is 28.6 Å². The number of methoxy groups -OCH3 is 1. The summed E-state index contributed by atoms with van der Waals surface area (Å²) < 4.78 is 13.7. The summed E-state index contributed by atoms with van der Waals surface area (Å²) in [5.74, 6) is 0.0954. The van der Waals surface area contributed by atoms with E-state index in [1.165, 1.54) is 11.6 Å². The van der Waals surface area contributed by atoms with Gasteiger partial charge in [0.25, 0.3) is 11.5 Å². The molecule has 0 saturated carbocycles. The first-order valence-corrected chi connectivity index (χ1v) is 12.3. The number of nitrogens with zero attached hydrogens (tertiary/aromatic N) is 3. The van der Waals surface area contributed by atoms with Crippen LogP contribution < -0.4 is 15.6 Å². The van der Waals surface area contributed by atoms with Crippen molar-refractivity contribution < 1.29 is 19.1 Å². The number of fused-ring (bicyclic) bond motifs is 1. The van der Waals surface area contributed by atoms with E-state index in [1.54, 1.807) is 56.1 Å². The number of aromatic nitrogens is 4. The SMILES string of the molecule is COc1ccc(-c2nc3ccc(C(=O)OC(C)C(=O)Nc4c(C)n(C)n(-c5ccccc5)c4=O)cc3[nH]2)cc1. The van der Waals surface area contributed by atoms with Crippen molar-refractivity contribution in [1.82, 2.24) is 19.3 Å². The van der Waals surface area contributed by atoms with Gasteiger partial charge in [0.15, 0.2) is 6.10 Å². The van der Waals surface area contributed by atoms with Gasteiger partial charge < -0.3 is 19.8 Å². The fraction of sp³-hybridized carbons (Fsp3) is 0.172. The van der Waals surface area contributed by atoms with E-state index in [0.29, 0.717) is 28.2 Å². The molecular formula is C29H27N5O5. The second kappa shape index (κ2) is 10.3. The number of hydrogen-bond acceptors (Lipinski definition) is 6. The fourth-order valence-corrected chi connectivity index (χ4v) is 4.24. The highest BCUT2D eigenvalue weighted by atomic mass is 16.5. The number of hydrogen-bond donors (Lipinski definition) is 2. The van der Waals surface area contributed by atoms with Gasteiger partial charge in [-0.05, 0) is 68.4 Å². The lowest BCUT2D eigenvalue weighted by Gasteiger charge is -2.13. The van der Waals surface area contributed by atoms with Crippen LogP contribution >= 0.6 is 0 Å². The number of imidazole rings is 1. The average Bonchev–Trinajstić information content (AvgIpc) is 3.47. The lowest BCUT2D eigenvalue weighted by molar-refractivity contribution is -0.123. The van der Waals surface area contributed by atoms with E-state index >= 15 is 0 Å². The predicted octanol–water partition coefficient (Wildman–Crippen LogP) is 4.22. The van der Waals surface area contributed by atoms with Gasteiger partial charge in [-0.3, -0.25) is 14.3 Å². The Bertz CT molecular complexity index is 1730. The van der Waals surface area contributed by atoms with E-state index < -0.39 is 18.0 Å². The Morgan fingerprint density at radius 2 is 1.74 bits per heavy atom. The van der Waals surface area contributed by atoms with Gasteiger partial charge in [0.2, 0.25) is 0 Å². The zero-order valence-electron chi connectivity index (χ0n) is 21.9. The van der Waals surface area contributed by atoms with Crippen molar-refractivity contribution in [1.29, 1.82) is 0 Å². The maximum Gasteiger partial charge on any atom is 0.338 e. The molecule has 0 radical (unpaired) electrons. The Kier molecular flexibility index (Phi) is 6.76. The van der Waals surface area contributed by atoms with Crippen LogP contribution in [-0.4, -0.2) is 44.4 Å². The van der Waals surface area contributed by atoms with Crippen LogP contribution in [0.15, 0.2) is 77.6 Å². The number of amides is 1. The van der Waals surface area contributed by atoms with Gasteiger partial charge in [0, 0.05) is 12.6 Å². The molecule has 2 heterocycles. The number of anilines is 1. The van der Waals surface area contributed by atoms with Crippen LogP contribution in [0.5, 0.6) is 5.75 Å². The van der Waals surface area contributed by atoms with E-state index in [0.717, 1.165) is 11.3 Å². The molecule has 0 aliphatic heterocycles. The third-order valence-corrected chi connectivity index (χ3v) is 6.54. The van der Waals surface area contributed by atoms with Crippen molar-refractivity contribution in [3.05, 3.63) is 94.4 Å². The smallest absolute Gasteiger partial charge is 0.338 e. The molecule has 10 heteroatoms. The number of H-pyrrole nitrogens is 1. The number of aromatic amines is 1. The minimum absolute atomic E-state index is 0.124. The molecule has 2 N–H and O–H groups in total. The quantitative estimate of drug-likeness (QED) is 0.307. The third kappa shape index (κ3) is 4.91. The normalized spacial score (nSPS) is 11.8. The second-order valence-electron chi connectivity index (χ2n) is 9.02. The molecule has 1 atom stereocenters. The Balaban J connectivity index is 1.30. The Labute approximate surface area is 223 Å². The van der Waals surface area contributed by atoms with E-state index in [1.807, 2.05) is 42.5 Å². The standard InChI is InChI=1S/C29H27N5O5/c1-17-25(28(36)34(33(17)3)21-8-6-5-7-9-21)32-27(35)18(2)39-29(37)20-12-15-23-24(16-20)31-26(30-23)19-10-13-22(38-4)14-11-19/h5-16,18H,1-4H3,(H,30,31)(H,32,35).